The van der Waals surface area contributed by atoms with Crippen molar-refractivity contribution in [3.63, 3.8) is 0 Å². The molecule has 0 aliphatic carbocycles. The first-order chi connectivity index (χ1) is 6.58. The average molecular weight is 192 g/mol. The van der Waals surface area contributed by atoms with Gasteiger partial charge in [-0.2, -0.15) is 0 Å². The Kier molecular flexibility index (Phi) is 2.10. The van der Waals surface area contributed by atoms with Crippen LogP contribution in [0.25, 0.3) is 0 Å². The van der Waals surface area contributed by atoms with Crippen LogP contribution in [0.4, 0.5) is 0 Å². The van der Waals surface area contributed by atoms with Gasteiger partial charge < -0.3 is 9.64 Å². The Morgan fingerprint density at radius 2 is 2.29 bits per heavy atom. The van der Waals surface area contributed by atoms with Gasteiger partial charge in [-0.3, -0.25) is 0 Å². The van der Waals surface area contributed by atoms with E-state index in [1.54, 1.807) is 0 Å². The Bertz CT molecular complexity index is 326. The van der Waals surface area contributed by atoms with Gasteiger partial charge in [0.05, 0.1) is 6.54 Å². The lowest BCUT2D eigenvalue weighted by Crippen LogP contribution is -2.27. The molecule has 76 valence electrons. The molecule has 0 aromatic heterocycles. The molecule has 14 heavy (non-hydrogen) atoms. The SMILES string of the molecule is CN1CCOC2=C1N=CC(C)(C)C=C2. The predicted molar refractivity (Wildman–Crippen MR) is 57.0 cm³/mol. The summed E-state index contributed by atoms with van der Waals surface area (Å²) in [4.78, 5) is 6.60. The Morgan fingerprint density at radius 1 is 1.50 bits per heavy atom. The number of ether oxygens (including phenoxy) is 1. The molecule has 0 saturated heterocycles. The summed E-state index contributed by atoms with van der Waals surface area (Å²) in [6, 6.07) is 0. The molecule has 0 aromatic carbocycles. The molecule has 3 nitrogen and oxygen atoms in total. The maximum atomic E-state index is 5.56. The normalized spacial score (nSPS) is 24.4. The van der Waals surface area contributed by atoms with Crippen molar-refractivity contribution in [2.45, 2.75) is 13.8 Å². The van der Waals surface area contributed by atoms with E-state index in [0.717, 1.165) is 24.7 Å². The van der Waals surface area contributed by atoms with Gasteiger partial charge in [-0.1, -0.05) is 19.9 Å². The molecule has 0 amide bonds. The molecule has 2 heterocycles. The van der Waals surface area contributed by atoms with Gasteiger partial charge in [-0.25, -0.2) is 4.99 Å². The molecule has 0 atom stereocenters. The molecule has 2 aliphatic heterocycles. The van der Waals surface area contributed by atoms with Crippen LogP contribution in [0.15, 0.2) is 28.7 Å². The zero-order valence-electron chi connectivity index (χ0n) is 8.95. The zero-order valence-corrected chi connectivity index (χ0v) is 8.95. The monoisotopic (exact) mass is 192 g/mol. The third-order valence-corrected chi connectivity index (χ3v) is 2.45. The fraction of sp³-hybridized carbons (Fsp3) is 0.545. The van der Waals surface area contributed by atoms with Crippen molar-refractivity contribution in [3.8, 4) is 0 Å². The van der Waals surface area contributed by atoms with Crippen molar-refractivity contribution in [1.82, 2.24) is 4.90 Å². The van der Waals surface area contributed by atoms with Gasteiger partial charge in [-0.05, 0) is 6.08 Å². The molecule has 0 spiro atoms. The van der Waals surface area contributed by atoms with E-state index in [1.807, 2.05) is 19.3 Å². The molecule has 0 N–H and O–H groups in total. The van der Waals surface area contributed by atoms with Crippen LogP contribution >= 0.6 is 0 Å². The van der Waals surface area contributed by atoms with E-state index in [2.05, 4.69) is 29.8 Å². The zero-order chi connectivity index (χ0) is 10.2. The van der Waals surface area contributed by atoms with Crippen LogP contribution in [0.1, 0.15) is 13.8 Å². The van der Waals surface area contributed by atoms with Gasteiger partial charge in [-0.15, -0.1) is 0 Å². The first-order valence-electron chi connectivity index (χ1n) is 4.91. The summed E-state index contributed by atoms with van der Waals surface area (Å²) < 4.78 is 5.56. The maximum absolute atomic E-state index is 5.56. The molecule has 2 rings (SSSR count). The standard InChI is InChI=1S/C11H16N2O/c1-11(2)5-4-9-10(12-8-11)13(3)6-7-14-9/h4-5,8H,6-7H2,1-3H3. The van der Waals surface area contributed by atoms with Crippen LogP contribution in [0.2, 0.25) is 0 Å². The van der Waals surface area contributed by atoms with Crippen molar-refractivity contribution < 1.29 is 4.74 Å². The predicted octanol–water partition coefficient (Wildman–Crippen LogP) is 1.78. The third kappa shape index (κ3) is 1.67. The summed E-state index contributed by atoms with van der Waals surface area (Å²) >= 11 is 0. The van der Waals surface area contributed by atoms with Gasteiger partial charge in [0.2, 0.25) is 0 Å². The number of hydrogen-bond donors (Lipinski definition) is 0. The van der Waals surface area contributed by atoms with Gasteiger partial charge in [0.15, 0.2) is 11.6 Å². The minimum Gasteiger partial charge on any atom is -0.488 e. The number of hydrogen-bond acceptors (Lipinski definition) is 3. The van der Waals surface area contributed by atoms with Crippen molar-refractivity contribution in [2.24, 2.45) is 10.4 Å². The van der Waals surface area contributed by atoms with E-state index in [9.17, 15) is 0 Å². The second-order valence-corrected chi connectivity index (χ2v) is 4.37. The second-order valence-electron chi connectivity index (χ2n) is 4.37. The van der Waals surface area contributed by atoms with E-state index < -0.39 is 0 Å². The van der Waals surface area contributed by atoms with E-state index in [0.29, 0.717) is 0 Å². The topological polar surface area (TPSA) is 24.8 Å². The van der Waals surface area contributed by atoms with E-state index >= 15 is 0 Å². The Morgan fingerprint density at radius 3 is 3.07 bits per heavy atom. The lowest BCUT2D eigenvalue weighted by atomic mass is 9.95. The first kappa shape index (κ1) is 9.31. The summed E-state index contributed by atoms with van der Waals surface area (Å²) in [5, 5.41) is 0. The van der Waals surface area contributed by atoms with Gasteiger partial charge in [0.1, 0.15) is 6.61 Å². The Labute approximate surface area is 84.8 Å². The summed E-state index contributed by atoms with van der Waals surface area (Å²) in [6.45, 7) is 5.91. The molecular weight excluding hydrogens is 176 g/mol. The highest BCUT2D eigenvalue weighted by Crippen LogP contribution is 2.25. The van der Waals surface area contributed by atoms with Gasteiger partial charge in [0, 0.05) is 18.7 Å². The molecule has 0 radical (unpaired) electrons. The fourth-order valence-corrected chi connectivity index (χ4v) is 1.50. The fourth-order valence-electron chi connectivity index (χ4n) is 1.50. The van der Waals surface area contributed by atoms with E-state index in [4.69, 9.17) is 4.74 Å². The molecule has 0 fully saturated rings. The molecule has 3 heteroatoms. The smallest absolute Gasteiger partial charge is 0.170 e. The summed E-state index contributed by atoms with van der Waals surface area (Å²) in [6.07, 6.45) is 6.12. The quantitative estimate of drug-likeness (QED) is 0.584. The van der Waals surface area contributed by atoms with Crippen LogP contribution in [0.3, 0.4) is 0 Å². The van der Waals surface area contributed by atoms with Crippen molar-refractivity contribution >= 4 is 6.21 Å². The Hall–Kier alpha value is -1.25. The molecule has 0 unspecified atom stereocenters. The largest absolute Gasteiger partial charge is 0.488 e. The van der Waals surface area contributed by atoms with E-state index in [1.165, 1.54) is 0 Å². The second kappa shape index (κ2) is 3.15. The molecule has 0 saturated carbocycles. The number of rotatable bonds is 0. The lowest BCUT2D eigenvalue weighted by Gasteiger charge is -2.26. The highest BCUT2D eigenvalue weighted by molar-refractivity contribution is 5.70. The molecular formula is C11H16N2O. The van der Waals surface area contributed by atoms with Crippen molar-refractivity contribution in [3.05, 3.63) is 23.7 Å². The van der Waals surface area contributed by atoms with Crippen molar-refractivity contribution in [1.29, 1.82) is 0 Å². The Balaban J connectivity index is 2.37. The maximum Gasteiger partial charge on any atom is 0.170 e. The lowest BCUT2D eigenvalue weighted by molar-refractivity contribution is 0.151. The number of allylic oxidation sites excluding steroid dienone is 2. The number of nitrogens with zero attached hydrogens (tertiary/aromatic N) is 2. The van der Waals surface area contributed by atoms with Crippen LogP contribution in [-0.4, -0.2) is 31.3 Å². The minimum atomic E-state index is 0.0154. The van der Waals surface area contributed by atoms with Crippen LogP contribution in [0, 0.1) is 5.41 Å². The van der Waals surface area contributed by atoms with Crippen LogP contribution in [-0.2, 0) is 4.74 Å². The highest BCUT2D eigenvalue weighted by Gasteiger charge is 2.21. The average Bonchev–Trinajstić information content (AvgIpc) is 2.27. The first-order valence-corrected chi connectivity index (χ1v) is 4.91. The summed E-state index contributed by atoms with van der Waals surface area (Å²) in [5.74, 6) is 1.83. The number of likely N-dealkylation sites (N-methyl/N-ethyl adjacent to an activating group) is 1. The van der Waals surface area contributed by atoms with Gasteiger partial charge in [0.25, 0.3) is 0 Å². The molecule has 2 aliphatic rings. The third-order valence-electron chi connectivity index (χ3n) is 2.45. The van der Waals surface area contributed by atoms with E-state index in [-0.39, 0.29) is 5.41 Å². The van der Waals surface area contributed by atoms with Gasteiger partial charge >= 0.3 is 0 Å². The van der Waals surface area contributed by atoms with Crippen LogP contribution in [0.5, 0.6) is 0 Å². The number of aliphatic imine (C=N–C) groups is 1. The highest BCUT2D eigenvalue weighted by atomic mass is 16.5. The summed E-state index contributed by atoms with van der Waals surface area (Å²) in [7, 11) is 2.04. The van der Waals surface area contributed by atoms with Crippen molar-refractivity contribution in [2.75, 3.05) is 20.2 Å². The minimum absolute atomic E-state index is 0.0154. The molecule has 0 bridgehead atoms. The molecule has 0 aromatic rings. The van der Waals surface area contributed by atoms with Crippen LogP contribution < -0.4 is 0 Å². The summed E-state index contributed by atoms with van der Waals surface area (Å²) in [5.41, 5.74) is 0.0154.